The van der Waals surface area contributed by atoms with Crippen molar-refractivity contribution in [2.75, 3.05) is 25.5 Å². The third-order valence-electron chi connectivity index (χ3n) is 4.15. The lowest BCUT2D eigenvalue weighted by molar-refractivity contribution is 0.0459. The molecule has 1 unspecified atom stereocenters. The van der Waals surface area contributed by atoms with Crippen molar-refractivity contribution < 1.29 is 14.3 Å². The lowest BCUT2D eigenvalue weighted by Gasteiger charge is -2.27. The molecule has 0 radical (unpaired) electrons. The molecule has 2 aromatic carbocycles. The predicted molar refractivity (Wildman–Crippen MR) is 113 cm³/mol. The van der Waals surface area contributed by atoms with Gasteiger partial charge in [-0.2, -0.15) is 0 Å². The van der Waals surface area contributed by atoms with Crippen molar-refractivity contribution in [1.29, 1.82) is 0 Å². The molecule has 1 N–H and O–H groups in total. The highest BCUT2D eigenvalue weighted by Gasteiger charge is 2.15. The normalized spacial score (nSPS) is 11.9. The number of ether oxygens (including phenoxy) is 2. The number of benzene rings is 2. The third-order valence-corrected chi connectivity index (χ3v) is 4.87. The first-order valence-electron chi connectivity index (χ1n) is 8.64. The minimum absolute atomic E-state index is 0.0962. The Morgan fingerprint density at radius 2 is 1.77 bits per heavy atom. The Morgan fingerprint density at radius 3 is 2.35 bits per heavy atom. The average molecular weight is 468 g/mol. The van der Waals surface area contributed by atoms with Gasteiger partial charge < -0.3 is 14.8 Å². The van der Waals surface area contributed by atoms with Crippen LogP contribution in [0.1, 0.15) is 31.1 Å². The van der Waals surface area contributed by atoms with Crippen LogP contribution >= 0.6 is 22.6 Å². The van der Waals surface area contributed by atoms with Crippen molar-refractivity contribution in [3.05, 3.63) is 51.6 Å². The quantitative estimate of drug-likeness (QED) is 0.454. The molecule has 140 valence electrons. The maximum absolute atomic E-state index is 12.4. The highest BCUT2D eigenvalue weighted by atomic mass is 127. The summed E-state index contributed by atoms with van der Waals surface area (Å²) >= 11 is 2.21. The standard InChI is InChI=1S/C20H25IN2O3/c1-5-23(6-2)14(3)26-19-13-17(11-12-18(19)25-4)22-20(24)15-7-9-16(21)10-8-15/h7-14H,5-6H2,1-4H3,(H,22,24). The number of carbonyl (C=O) groups is 1. The van der Waals surface area contributed by atoms with Crippen LogP contribution in [0.4, 0.5) is 5.69 Å². The van der Waals surface area contributed by atoms with E-state index in [0.717, 1.165) is 16.7 Å². The summed E-state index contributed by atoms with van der Waals surface area (Å²) in [5, 5.41) is 2.91. The van der Waals surface area contributed by atoms with Crippen LogP contribution in [-0.4, -0.2) is 37.2 Å². The highest BCUT2D eigenvalue weighted by molar-refractivity contribution is 14.1. The van der Waals surface area contributed by atoms with Crippen LogP contribution in [0, 0.1) is 3.57 Å². The van der Waals surface area contributed by atoms with Gasteiger partial charge in [-0.25, -0.2) is 0 Å². The smallest absolute Gasteiger partial charge is 0.255 e. The molecule has 0 heterocycles. The number of hydrogen-bond donors (Lipinski definition) is 1. The molecule has 0 aliphatic rings. The molecule has 1 amide bonds. The summed E-state index contributed by atoms with van der Waals surface area (Å²) in [5.74, 6) is 1.08. The molecule has 6 heteroatoms. The zero-order valence-corrected chi connectivity index (χ0v) is 17.7. The van der Waals surface area contributed by atoms with E-state index in [-0.39, 0.29) is 12.1 Å². The Morgan fingerprint density at radius 1 is 1.12 bits per heavy atom. The van der Waals surface area contributed by atoms with Crippen molar-refractivity contribution in [2.45, 2.75) is 27.0 Å². The monoisotopic (exact) mass is 468 g/mol. The number of carbonyl (C=O) groups excluding carboxylic acids is 1. The van der Waals surface area contributed by atoms with Gasteiger partial charge in [0.25, 0.3) is 5.91 Å². The number of rotatable bonds is 8. The molecule has 2 rings (SSSR count). The van der Waals surface area contributed by atoms with Gasteiger partial charge in [0.1, 0.15) is 6.23 Å². The van der Waals surface area contributed by atoms with E-state index in [0.29, 0.717) is 22.7 Å². The molecule has 0 saturated heterocycles. The lowest BCUT2D eigenvalue weighted by Crippen LogP contribution is -2.36. The second-order valence-corrected chi connectivity index (χ2v) is 7.01. The van der Waals surface area contributed by atoms with E-state index >= 15 is 0 Å². The summed E-state index contributed by atoms with van der Waals surface area (Å²) < 4.78 is 12.6. The van der Waals surface area contributed by atoms with Gasteiger partial charge in [0.2, 0.25) is 0 Å². The molecule has 0 aliphatic heterocycles. The molecule has 2 aromatic rings. The molecule has 5 nitrogen and oxygen atoms in total. The number of halogens is 1. The molecule has 0 aliphatic carbocycles. The SMILES string of the molecule is CCN(CC)C(C)Oc1cc(NC(=O)c2ccc(I)cc2)ccc1OC. The molecular formula is C20H25IN2O3. The van der Waals surface area contributed by atoms with E-state index < -0.39 is 0 Å². The van der Waals surface area contributed by atoms with Crippen LogP contribution < -0.4 is 14.8 Å². The zero-order valence-electron chi connectivity index (χ0n) is 15.6. The highest BCUT2D eigenvalue weighted by Crippen LogP contribution is 2.31. The minimum atomic E-state index is -0.158. The Kier molecular flexibility index (Phi) is 7.71. The summed E-state index contributed by atoms with van der Waals surface area (Å²) in [7, 11) is 1.61. The van der Waals surface area contributed by atoms with Gasteiger partial charge in [0.05, 0.1) is 7.11 Å². The second kappa shape index (κ2) is 9.78. The fraction of sp³-hybridized carbons (Fsp3) is 0.350. The van der Waals surface area contributed by atoms with E-state index in [1.807, 2.05) is 19.1 Å². The van der Waals surface area contributed by atoms with Crippen molar-refractivity contribution in [1.82, 2.24) is 4.90 Å². The first-order chi connectivity index (χ1) is 12.5. The fourth-order valence-electron chi connectivity index (χ4n) is 2.65. The third kappa shape index (κ3) is 5.35. The van der Waals surface area contributed by atoms with E-state index in [9.17, 15) is 4.79 Å². The molecule has 0 aromatic heterocycles. The Balaban J connectivity index is 2.17. The maximum Gasteiger partial charge on any atom is 0.255 e. The summed E-state index contributed by atoms with van der Waals surface area (Å²) in [6.45, 7) is 7.98. The van der Waals surface area contributed by atoms with Gasteiger partial charge in [0, 0.05) is 20.9 Å². The van der Waals surface area contributed by atoms with Crippen LogP contribution in [0.3, 0.4) is 0 Å². The molecule has 0 fully saturated rings. The number of methoxy groups -OCH3 is 1. The van der Waals surface area contributed by atoms with Crippen LogP contribution in [0.25, 0.3) is 0 Å². The van der Waals surface area contributed by atoms with Gasteiger partial charge in [0.15, 0.2) is 11.5 Å². The first kappa shape index (κ1) is 20.5. The summed E-state index contributed by atoms with van der Waals surface area (Å²) in [4.78, 5) is 14.6. The van der Waals surface area contributed by atoms with Crippen LogP contribution in [-0.2, 0) is 0 Å². The summed E-state index contributed by atoms with van der Waals surface area (Å²) in [6, 6.07) is 12.8. The number of hydrogen-bond acceptors (Lipinski definition) is 4. The summed E-state index contributed by atoms with van der Waals surface area (Å²) in [5.41, 5.74) is 1.27. The lowest BCUT2D eigenvalue weighted by atomic mass is 10.2. The van der Waals surface area contributed by atoms with Crippen LogP contribution in [0.2, 0.25) is 0 Å². The van der Waals surface area contributed by atoms with Crippen LogP contribution in [0.5, 0.6) is 11.5 Å². The van der Waals surface area contributed by atoms with Crippen molar-refractivity contribution in [3.63, 3.8) is 0 Å². The van der Waals surface area contributed by atoms with Gasteiger partial charge in [-0.15, -0.1) is 0 Å². The molecule has 0 saturated carbocycles. The maximum atomic E-state index is 12.4. The van der Waals surface area contributed by atoms with Crippen molar-refractivity contribution >= 4 is 34.2 Å². The minimum Gasteiger partial charge on any atom is -0.493 e. The summed E-state index contributed by atoms with van der Waals surface area (Å²) in [6.07, 6.45) is -0.0962. The molecular weight excluding hydrogens is 443 g/mol. The predicted octanol–water partition coefficient (Wildman–Crippen LogP) is 4.62. The number of nitrogens with zero attached hydrogens (tertiary/aromatic N) is 1. The second-order valence-electron chi connectivity index (χ2n) is 5.77. The fourth-order valence-corrected chi connectivity index (χ4v) is 3.01. The van der Waals surface area contributed by atoms with Crippen LogP contribution in [0.15, 0.2) is 42.5 Å². The van der Waals surface area contributed by atoms with Gasteiger partial charge in [-0.05, 0) is 79.0 Å². The molecule has 0 spiro atoms. The van der Waals surface area contributed by atoms with E-state index in [1.54, 1.807) is 37.4 Å². The zero-order chi connectivity index (χ0) is 19.1. The average Bonchev–Trinajstić information content (AvgIpc) is 2.63. The molecule has 1 atom stereocenters. The van der Waals surface area contributed by atoms with Crippen molar-refractivity contribution in [2.24, 2.45) is 0 Å². The molecule has 0 bridgehead atoms. The Hall–Kier alpha value is -1.80. The number of nitrogens with one attached hydrogen (secondary N) is 1. The van der Waals surface area contributed by atoms with Gasteiger partial charge in [-0.1, -0.05) is 13.8 Å². The topological polar surface area (TPSA) is 50.8 Å². The Labute approximate surface area is 168 Å². The van der Waals surface area contributed by atoms with E-state index in [2.05, 4.69) is 46.7 Å². The van der Waals surface area contributed by atoms with E-state index in [1.165, 1.54) is 0 Å². The Bertz CT molecular complexity index is 730. The van der Waals surface area contributed by atoms with Gasteiger partial charge >= 0.3 is 0 Å². The van der Waals surface area contributed by atoms with Crippen molar-refractivity contribution in [3.8, 4) is 11.5 Å². The van der Waals surface area contributed by atoms with Gasteiger partial charge in [-0.3, -0.25) is 9.69 Å². The largest absolute Gasteiger partial charge is 0.493 e. The number of anilines is 1. The first-order valence-corrected chi connectivity index (χ1v) is 9.72. The number of amides is 1. The van der Waals surface area contributed by atoms with E-state index in [4.69, 9.17) is 9.47 Å². The molecule has 26 heavy (non-hydrogen) atoms.